The van der Waals surface area contributed by atoms with Crippen molar-refractivity contribution >= 4 is 11.9 Å². The molecular weight excluding hydrogens is 366 g/mol. The highest BCUT2D eigenvalue weighted by Gasteiger charge is 2.44. The summed E-state index contributed by atoms with van der Waals surface area (Å²) in [6.45, 7) is 2.37. The number of nitrogens with zero attached hydrogens (tertiary/aromatic N) is 3. The maximum atomic E-state index is 13.1. The summed E-state index contributed by atoms with van der Waals surface area (Å²) in [6.07, 6.45) is 1.06. The van der Waals surface area contributed by atoms with E-state index in [-0.39, 0.29) is 25.7 Å². The molecule has 9 heteroatoms. The number of carbonyl (C=O) groups excluding carboxylic acids is 1. The standard InChI is InChI=1S/C19H23N3O6/c1-13-20-16(21-28-13)10-27-15-7-4-3-6-14(15)17(23)22-9-5-8-19(11-22,12-26-2)18(24)25/h3-4,6-7H,5,8-12H2,1-2H3,(H,24,25). The highest BCUT2D eigenvalue weighted by Crippen LogP contribution is 2.32. The largest absolute Gasteiger partial charge is 0.485 e. The fraction of sp³-hybridized carbons (Fsp3) is 0.474. The number of hydrogen-bond acceptors (Lipinski definition) is 7. The second-order valence-corrected chi connectivity index (χ2v) is 6.86. The topological polar surface area (TPSA) is 115 Å². The first kappa shape index (κ1) is 19.8. The first-order valence-electron chi connectivity index (χ1n) is 8.98. The summed E-state index contributed by atoms with van der Waals surface area (Å²) in [5.74, 6) is -0.0412. The lowest BCUT2D eigenvalue weighted by Crippen LogP contribution is -2.52. The molecule has 1 aromatic heterocycles. The molecule has 1 saturated heterocycles. The molecule has 0 saturated carbocycles. The molecule has 0 bridgehead atoms. The smallest absolute Gasteiger partial charge is 0.313 e. The molecule has 0 aliphatic carbocycles. The van der Waals surface area contributed by atoms with Crippen LogP contribution in [0.3, 0.4) is 0 Å². The fourth-order valence-electron chi connectivity index (χ4n) is 3.42. The molecule has 1 aromatic carbocycles. The maximum absolute atomic E-state index is 13.1. The molecule has 1 unspecified atom stereocenters. The number of carbonyl (C=O) groups is 2. The molecule has 1 N–H and O–H groups in total. The molecular formula is C19H23N3O6. The Morgan fingerprint density at radius 1 is 1.36 bits per heavy atom. The third-order valence-corrected chi connectivity index (χ3v) is 4.78. The van der Waals surface area contributed by atoms with Gasteiger partial charge in [0.25, 0.3) is 5.91 Å². The number of likely N-dealkylation sites (tertiary alicyclic amines) is 1. The van der Waals surface area contributed by atoms with Gasteiger partial charge in [-0.2, -0.15) is 4.98 Å². The second kappa shape index (κ2) is 8.39. The monoisotopic (exact) mass is 389 g/mol. The van der Waals surface area contributed by atoms with Gasteiger partial charge in [0, 0.05) is 27.1 Å². The van der Waals surface area contributed by atoms with Crippen LogP contribution in [-0.4, -0.2) is 58.8 Å². The number of aliphatic carboxylic acids is 1. The predicted molar refractivity (Wildman–Crippen MR) is 96.9 cm³/mol. The Hall–Kier alpha value is -2.94. The lowest BCUT2D eigenvalue weighted by Gasteiger charge is -2.39. The molecule has 3 rings (SSSR count). The van der Waals surface area contributed by atoms with E-state index in [4.69, 9.17) is 14.0 Å². The van der Waals surface area contributed by atoms with Crippen molar-refractivity contribution in [3.05, 3.63) is 41.5 Å². The van der Waals surface area contributed by atoms with E-state index in [2.05, 4.69) is 10.1 Å². The number of benzene rings is 1. The number of amides is 1. The second-order valence-electron chi connectivity index (χ2n) is 6.86. The van der Waals surface area contributed by atoms with Crippen LogP contribution < -0.4 is 4.74 Å². The van der Waals surface area contributed by atoms with E-state index in [0.29, 0.717) is 42.4 Å². The number of aryl methyl sites for hydroxylation is 1. The number of para-hydroxylation sites is 1. The van der Waals surface area contributed by atoms with Crippen LogP contribution in [0.5, 0.6) is 5.75 Å². The molecule has 1 atom stereocenters. The molecule has 0 radical (unpaired) electrons. The molecule has 1 fully saturated rings. The number of rotatable bonds is 7. The number of ether oxygens (including phenoxy) is 2. The normalized spacial score (nSPS) is 19.4. The Labute approximate surface area is 162 Å². The zero-order chi connectivity index (χ0) is 20.1. The lowest BCUT2D eigenvalue weighted by atomic mass is 9.80. The van der Waals surface area contributed by atoms with Gasteiger partial charge in [0.2, 0.25) is 11.7 Å². The van der Waals surface area contributed by atoms with E-state index in [1.807, 2.05) is 0 Å². The van der Waals surface area contributed by atoms with Gasteiger partial charge in [-0.1, -0.05) is 17.3 Å². The van der Waals surface area contributed by atoms with Crippen LogP contribution in [0, 0.1) is 12.3 Å². The number of methoxy groups -OCH3 is 1. The van der Waals surface area contributed by atoms with Crippen molar-refractivity contribution in [2.24, 2.45) is 5.41 Å². The van der Waals surface area contributed by atoms with Gasteiger partial charge in [-0.25, -0.2) is 0 Å². The Morgan fingerprint density at radius 2 is 2.14 bits per heavy atom. The van der Waals surface area contributed by atoms with Gasteiger partial charge in [0.05, 0.1) is 12.2 Å². The van der Waals surface area contributed by atoms with E-state index in [1.54, 1.807) is 36.1 Å². The molecule has 9 nitrogen and oxygen atoms in total. The minimum atomic E-state index is -1.10. The van der Waals surface area contributed by atoms with Crippen LogP contribution in [0.4, 0.5) is 0 Å². The highest BCUT2D eigenvalue weighted by atomic mass is 16.5. The molecule has 2 heterocycles. The number of carboxylic acids is 1. The fourth-order valence-corrected chi connectivity index (χ4v) is 3.42. The van der Waals surface area contributed by atoms with E-state index < -0.39 is 11.4 Å². The van der Waals surface area contributed by atoms with E-state index >= 15 is 0 Å². The minimum absolute atomic E-state index is 0.0570. The van der Waals surface area contributed by atoms with Crippen molar-refractivity contribution in [2.75, 3.05) is 26.8 Å². The summed E-state index contributed by atoms with van der Waals surface area (Å²) in [5.41, 5.74) is -0.734. The van der Waals surface area contributed by atoms with Crippen molar-refractivity contribution in [1.82, 2.24) is 15.0 Å². The SMILES string of the molecule is COCC1(C(=O)O)CCCN(C(=O)c2ccccc2OCc2noc(C)n2)C1. The van der Waals surface area contributed by atoms with Crippen LogP contribution in [0.1, 0.15) is 34.9 Å². The quantitative estimate of drug-likeness (QED) is 0.764. The minimum Gasteiger partial charge on any atom is -0.485 e. The van der Waals surface area contributed by atoms with Crippen LogP contribution >= 0.6 is 0 Å². The summed E-state index contributed by atoms with van der Waals surface area (Å²) >= 11 is 0. The molecule has 1 aliphatic rings. The lowest BCUT2D eigenvalue weighted by molar-refractivity contribution is -0.155. The zero-order valence-corrected chi connectivity index (χ0v) is 15.9. The van der Waals surface area contributed by atoms with Crippen LogP contribution in [0.15, 0.2) is 28.8 Å². The van der Waals surface area contributed by atoms with Crippen LogP contribution in [0.25, 0.3) is 0 Å². The van der Waals surface area contributed by atoms with Gasteiger partial charge in [-0.05, 0) is 25.0 Å². The molecule has 150 valence electrons. The third kappa shape index (κ3) is 4.14. The van der Waals surface area contributed by atoms with Crippen LogP contribution in [0.2, 0.25) is 0 Å². The third-order valence-electron chi connectivity index (χ3n) is 4.78. The zero-order valence-electron chi connectivity index (χ0n) is 15.9. The molecule has 2 aromatic rings. The van der Waals surface area contributed by atoms with Crippen molar-refractivity contribution in [2.45, 2.75) is 26.4 Å². The first-order valence-corrected chi connectivity index (χ1v) is 8.98. The van der Waals surface area contributed by atoms with Gasteiger partial charge in [-0.15, -0.1) is 0 Å². The highest BCUT2D eigenvalue weighted by molar-refractivity contribution is 5.97. The Kier molecular flexibility index (Phi) is 5.93. The number of carboxylic acid groups (broad SMARTS) is 1. The van der Waals surface area contributed by atoms with Gasteiger partial charge >= 0.3 is 5.97 Å². The van der Waals surface area contributed by atoms with Gasteiger partial charge in [0.1, 0.15) is 11.2 Å². The summed E-state index contributed by atoms with van der Waals surface area (Å²) in [5, 5.41) is 13.5. The number of piperidine rings is 1. The Balaban J connectivity index is 1.77. The van der Waals surface area contributed by atoms with Gasteiger partial charge in [-0.3, -0.25) is 9.59 Å². The summed E-state index contributed by atoms with van der Waals surface area (Å²) in [6, 6.07) is 6.84. The van der Waals surface area contributed by atoms with E-state index in [1.165, 1.54) is 7.11 Å². The summed E-state index contributed by atoms with van der Waals surface area (Å²) < 4.78 is 15.8. The van der Waals surface area contributed by atoms with Gasteiger partial charge < -0.3 is 24.0 Å². The van der Waals surface area contributed by atoms with E-state index in [0.717, 1.165) is 0 Å². The molecule has 1 amide bonds. The van der Waals surface area contributed by atoms with Gasteiger partial charge in [0.15, 0.2) is 6.61 Å². The average molecular weight is 389 g/mol. The van der Waals surface area contributed by atoms with Crippen molar-refractivity contribution in [3.8, 4) is 5.75 Å². The Morgan fingerprint density at radius 3 is 2.82 bits per heavy atom. The van der Waals surface area contributed by atoms with E-state index in [9.17, 15) is 14.7 Å². The van der Waals surface area contributed by atoms with Crippen molar-refractivity contribution in [1.29, 1.82) is 0 Å². The van der Waals surface area contributed by atoms with Crippen molar-refractivity contribution < 1.29 is 28.7 Å². The average Bonchev–Trinajstić information content (AvgIpc) is 3.11. The first-order chi connectivity index (χ1) is 13.4. The maximum Gasteiger partial charge on any atom is 0.313 e. The predicted octanol–water partition coefficient (Wildman–Crippen LogP) is 1.91. The molecule has 28 heavy (non-hydrogen) atoms. The Bertz CT molecular complexity index is 848. The summed E-state index contributed by atoms with van der Waals surface area (Å²) in [4.78, 5) is 30.6. The van der Waals surface area contributed by atoms with Crippen LogP contribution in [-0.2, 0) is 16.1 Å². The van der Waals surface area contributed by atoms with Crippen molar-refractivity contribution in [3.63, 3.8) is 0 Å². The number of hydrogen-bond donors (Lipinski definition) is 1. The summed E-state index contributed by atoms with van der Waals surface area (Å²) in [7, 11) is 1.47. The number of aromatic nitrogens is 2. The molecule has 1 aliphatic heterocycles. The molecule has 0 spiro atoms.